The molecule has 35 heavy (non-hydrogen) atoms. The van der Waals surface area contributed by atoms with Gasteiger partial charge in [0.2, 0.25) is 0 Å². The highest BCUT2D eigenvalue weighted by Crippen LogP contribution is 2.18. The van der Waals surface area contributed by atoms with Crippen LogP contribution in [0, 0.1) is 6.92 Å². The molecule has 2 aromatic rings. The smallest absolute Gasteiger partial charge is 0.251 e. The number of hydrogen-bond acceptors (Lipinski definition) is 7. The van der Waals surface area contributed by atoms with Gasteiger partial charge in [-0.25, -0.2) is 0 Å². The number of carbonyl (C=O) groups excluding carboxylic acids is 1. The minimum absolute atomic E-state index is 0.110. The maximum Gasteiger partial charge on any atom is 0.251 e. The highest BCUT2D eigenvalue weighted by atomic mass is 16.6. The maximum atomic E-state index is 12.3. The highest BCUT2D eigenvalue weighted by molar-refractivity contribution is 5.94. The minimum Gasteiger partial charge on any atom is -0.378 e. The van der Waals surface area contributed by atoms with Gasteiger partial charge in [0.25, 0.3) is 5.91 Å². The average Bonchev–Trinajstić information content (AvgIpc) is 3.29. The minimum atomic E-state index is -0.115. The topological polar surface area (TPSA) is 95.9 Å². The van der Waals surface area contributed by atoms with Crippen molar-refractivity contribution in [1.29, 1.82) is 0 Å². The van der Waals surface area contributed by atoms with Crippen molar-refractivity contribution in [3.63, 3.8) is 0 Å². The Hall–Kier alpha value is -2.30. The molecule has 0 bridgehead atoms. The number of benzene rings is 1. The Balaban J connectivity index is 1.43. The van der Waals surface area contributed by atoms with E-state index < -0.39 is 0 Å². The predicted molar refractivity (Wildman–Crippen MR) is 136 cm³/mol. The standard InChI is InChI=1S/C26H42N4O5/c1-21(2)27-9-11-32-13-15-34-17-18-35-16-14-33-12-10-28-26(31)25-7-5-24(6-8-25)23(4)30-20-22(3)19-29-30/h5-8,19-21,23,27H,9-18H2,1-4H3,(H,28,31). The van der Waals surface area contributed by atoms with Crippen LogP contribution in [0.2, 0.25) is 0 Å². The third-order valence-electron chi connectivity index (χ3n) is 5.23. The molecule has 1 heterocycles. The first-order valence-corrected chi connectivity index (χ1v) is 12.4. The summed E-state index contributed by atoms with van der Waals surface area (Å²) in [5, 5.41) is 10.5. The molecule has 1 aromatic heterocycles. The fourth-order valence-electron chi connectivity index (χ4n) is 3.23. The molecular formula is C26H42N4O5. The lowest BCUT2D eigenvalue weighted by atomic mass is 10.1. The molecule has 1 aromatic carbocycles. The summed E-state index contributed by atoms with van der Waals surface area (Å²) in [7, 11) is 0. The van der Waals surface area contributed by atoms with E-state index in [0.29, 0.717) is 71.0 Å². The largest absolute Gasteiger partial charge is 0.378 e. The quantitative estimate of drug-likeness (QED) is 0.292. The number of carbonyl (C=O) groups is 1. The van der Waals surface area contributed by atoms with Crippen LogP contribution in [0.5, 0.6) is 0 Å². The number of rotatable bonds is 19. The lowest BCUT2D eigenvalue weighted by Crippen LogP contribution is -2.27. The van der Waals surface area contributed by atoms with Crippen LogP contribution in [-0.2, 0) is 18.9 Å². The molecule has 0 aliphatic carbocycles. The number of ether oxygens (including phenoxy) is 4. The van der Waals surface area contributed by atoms with Gasteiger partial charge in [-0.05, 0) is 37.1 Å². The van der Waals surface area contributed by atoms with Gasteiger partial charge in [-0.2, -0.15) is 5.10 Å². The second-order valence-electron chi connectivity index (χ2n) is 8.61. The predicted octanol–water partition coefficient (Wildman–Crippen LogP) is 2.60. The molecule has 0 saturated carbocycles. The molecule has 9 nitrogen and oxygen atoms in total. The SMILES string of the molecule is Cc1cnn(C(C)c2ccc(C(=O)NCCOCCOCCOCCOCCNC(C)C)cc2)c1. The summed E-state index contributed by atoms with van der Waals surface area (Å²) >= 11 is 0. The number of aromatic nitrogens is 2. The van der Waals surface area contributed by atoms with Crippen LogP contribution in [0.25, 0.3) is 0 Å². The molecule has 1 unspecified atom stereocenters. The Morgan fingerprint density at radius 3 is 1.91 bits per heavy atom. The summed E-state index contributed by atoms with van der Waals surface area (Å²) in [6, 6.07) is 8.19. The van der Waals surface area contributed by atoms with Crippen molar-refractivity contribution in [2.45, 2.75) is 39.8 Å². The Bertz CT molecular complexity index is 825. The number of hydrogen-bond donors (Lipinski definition) is 2. The molecule has 1 atom stereocenters. The van der Waals surface area contributed by atoms with Crippen LogP contribution in [0.3, 0.4) is 0 Å². The van der Waals surface area contributed by atoms with Crippen LogP contribution < -0.4 is 10.6 Å². The Labute approximate surface area is 209 Å². The zero-order chi connectivity index (χ0) is 25.3. The van der Waals surface area contributed by atoms with E-state index >= 15 is 0 Å². The van der Waals surface area contributed by atoms with Crippen LogP contribution in [-0.4, -0.2) is 87.7 Å². The van der Waals surface area contributed by atoms with Crippen molar-refractivity contribution in [1.82, 2.24) is 20.4 Å². The normalized spacial score (nSPS) is 12.3. The highest BCUT2D eigenvalue weighted by Gasteiger charge is 2.10. The van der Waals surface area contributed by atoms with Crippen molar-refractivity contribution in [3.8, 4) is 0 Å². The van der Waals surface area contributed by atoms with Crippen LogP contribution >= 0.6 is 0 Å². The molecule has 0 aliphatic rings. The number of aryl methyl sites for hydroxylation is 1. The molecule has 0 aliphatic heterocycles. The first kappa shape index (κ1) is 28.9. The van der Waals surface area contributed by atoms with Gasteiger partial charge in [-0.3, -0.25) is 9.48 Å². The molecule has 0 radical (unpaired) electrons. The molecule has 196 valence electrons. The zero-order valence-electron chi connectivity index (χ0n) is 21.6. The van der Waals surface area contributed by atoms with Gasteiger partial charge < -0.3 is 29.6 Å². The fourth-order valence-corrected chi connectivity index (χ4v) is 3.23. The molecular weight excluding hydrogens is 448 g/mol. The molecule has 9 heteroatoms. The second kappa shape index (κ2) is 17.2. The summed E-state index contributed by atoms with van der Waals surface area (Å²) < 4.78 is 23.8. The monoisotopic (exact) mass is 490 g/mol. The molecule has 1 amide bonds. The van der Waals surface area contributed by atoms with E-state index in [4.69, 9.17) is 18.9 Å². The van der Waals surface area contributed by atoms with E-state index in [2.05, 4.69) is 36.5 Å². The summed E-state index contributed by atoms with van der Waals surface area (Å²) in [5.74, 6) is -0.115. The van der Waals surface area contributed by atoms with Gasteiger partial charge in [0.05, 0.1) is 65.1 Å². The van der Waals surface area contributed by atoms with Crippen molar-refractivity contribution < 1.29 is 23.7 Å². The van der Waals surface area contributed by atoms with Crippen molar-refractivity contribution in [2.24, 2.45) is 0 Å². The number of nitrogens with one attached hydrogen (secondary N) is 2. The van der Waals surface area contributed by atoms with Gasteiger partial charge in [-0.1, -0.05) is 26.0 Å². The van der Waals surface area contributed by atoms with Crippen molar-refractivity contribution in [3.05, 3.63) is 53.3 Å². The van der Waals surface area contributed by atoms with E-state index in [-0.39, 0.29) is 11.9 Å². The maximum absolute atomic E-state index is 12.3. The van der Waals surface area contributed by atoms with E-state index in [9.17, 15) is 4.79 Å². The van der Waals surface area contributed by atoms with Gasteiger partial charge >= 0.3 is 0 Å². The van der Waals surface area contributed by atoms with Crippen LogP contribution in [0.1, 0.15) is 48.3 Å². The lowest BCUT2D eigenvalue weighted by Gasteiger charge is -2.13. The third kappa shape index (κ3) is 12.3. The third-order valence-corrected chi connectivity index (χ3v) is 5.23. The summed E-state index contributed by atoms with van der Waals surface area (Å²) in [5.41, 5.74) is 2.85. The number of amides is 1. The first-order chi connectivity index (χ1) is 17.0. The Morgan fingerprint density at radius 2 is 1.40 bits per heavy atom. The average molecular weight is 491 g/mol. The van der Waals surface area contributed by atoms with Crippen LogP contribution in [0.15, 0.2) is 36.7 Å². The fraction of sp³-hybridized carbons (Fsp3) is 0.615. The van der Waals surface area contributed by atoms with Crippen molar-refractivity contribution >= 4 is 5.91 Å². The summed E-state index contributed by atoms with van der Waals surface area (Å²) in [6.45, 7) is 13.9. The van der Waals surface area contributed by atoms with Crippen LogP contribution in [0.4, 0.5) is 0 Å². The van der Waals surface area contributed by atoms with E-state index in [1.165, 1.54) is 0 Å². The van der Waals surface area contributed by atoms with Gasteiger partial charge in [0.15, 0.2) is 0 Å². The van der Waals surface area contributed by atoms with E-state index in [0.717, 1.165) is 17.7 Å². The summed E-state index contributed by atoms with van der Waals surface area (Å²) in [6.07, 6.45) is 3.85. The molecule has 2 N–H and O–H groups in total. The lowest BCUT2D eigenvalue weighted by molar-refractivity contribution is -0.00113. The van der Waals surface area contributed by atoms with E-state index in [1.54, 1.807) is 0 Å². The second-order valence-corrected chi connectivity index (χ2v) is 8.61. The molecule has 0 saturated heterocycles. The van der Waals surface area contributed by atoms with E-state index in [1.807, 2.05) is 48.3 Å². The molecule has 0 spiro atoms. The summed E-state index contributed by atoms with van der Waals surface area (Å²) in [4.78, 5) is 12.3. The van der Waals surface area contributed by atoms with Gasteiger partial charge in [0.1, 0.15) is 0 Å². The zero-order valence-corrected chi connectivity index (χ0v) is 21.6. The molecule has 0 fully saturated rings. The van der Waals surface area contributed by atoms with Gasteiger partial charge in [0, 0.05) is 30.9 Å². The van der Waals surface area contributed by atoms with Crippen molar-refractivity contribution in [2.75, 3.05) is 65.9 Å². The molecule has 2 rings (SSSR count). The Kier molecular flexibility index (Phi) is 14.2. The van der Waals surface area contributed by atoms with Gasteiger partial charge in [-0.15, -0.1) is 0 Å². The first-order valence-electron chi connectivity index (χ1n) is 12.4. The Morgan fingerprint density at radius 1 is 0.857 bits per heavy atom. The number of nitrogens with zero attached hydrogens (tertiary/aromatic N) is 2.